The predicted octanol–water partition coefficient (Wildman–Crippen LogP) is 2.05. The third-order valence-corrected chi connectivity index (χ3v) is 4.27. The molecule has 7 nitrogen and oxygen atoms in total. The largest absolute Gasteiger partial charge is 0.355 e. The number of nitrogens with zero attached hydrogens (tertiary/aromatic N) is 5. The molecule has 4 rings (SSSR count). The summed E-state index contributed by atoms with van der Waals surface area (Å²) in [5, 5.41) is 7.14. The molecule has 0 aliphatic carbocycles. The number of aryl methyl sites for hydroxylation is 1. The number of hydrogen-bond acceptors (Lipinski definition) is 5. The molecule has 0 bridgehead atoms. The Morgan fingerprint density at radius 1 is 1.16 bits per heavy atom. The summed E-state index contributed by atoms with van der Waals surface area (Å²) < 4.78 is 1.69. The minimum absolute atomic E-state index is 0.0376. The number of aromatic nitrogens is 4. The van der Waals surface area contributed by atoms with E-state index >= 15 is 0 Å². The zero-order chi connectivity index (χ0) is 17.2. The standard InChI is InChI=1S/C18H18N6O/c1-13-3-5-15(6-4-13)22-18(25)14-10-23(11-14)16-9-17(20-12-19-16)24-8-2-7-21-24/h2-9,12,14H,10-11H2,1H3,(H,22,25). The van der Waals surface area contributed by atoms with E-state index in [1.807, 2.05) is 49.5 Å². The Bertz CT molecular complexity index is 869. The van der Waals surface area contributed by atoms with Gasteiger partial charge in [-0.05, 0) is 25.1 Å². The number of hydrogen-bond donors (Lipinski definition) is 1. The van der Waals surface area contributed by atoms with Crippen molar-refractivity contribution >= 4 is 17.4 Å². The second-order valence-electron chi connectivity index (χ2n) is 6.14. The Morgan fingerprint density at radius 3 is 2.64 bits per heavy atom. The first-order chi connectivity index (χ1) is 12.2. The lowest BCUT2D eigenvalue weighted by atomic mass is 9.99. The van der Waals surface area contributed by atoms with Gasteiger partial charge in [0.15, 0.2) is 5.82 Å². The number of benzene rings is 1. The topological polar surface area (TPSA) is 75.9 Å². The first-order valence-corrected chi connectivity index (χ1v) is 8.13. The van der Waals surface area contributed by atoms with Gasteiger partial charge in [0, 0.05) is 37.2 Å². The first kappa shape index (κ1) is 15.3. The molecule has 3 aromatic rings. The van der Waals surface area contributed by atoms with Crippen molar-refractivity contribution in [2.45, 2.75) is 6.92 Å². The van der Waals surface area contributed by atoms with Crippen molar-refractivity contribution in [2.24, 2.45) is 5.92 Å². The molecule has 1 N–H and O–H groups in total. The van der Waals surface area contributed by atoms with Crippen LogP contribution in [0, 0.1) is 12.8 Å². The summed E-state index contributed by atoms with van der Waals surface area (Å²) in [6, 6.07) is 11.5. The number of rotatable bonds is 4. The average Bonchev–Trinajstić information content (AvgIpc) is 3.10. The molecule has 1 aliphatic heterocycles. The molecule has 1 fully saturated rings. The Balaban J connectivity index is 1.38. The van der Waals surface area contributed by atoms with E-state index in [0.717, 1.165) is 11.5 Å². The fourth-order valence-electron chi connectivity index (χ4n) is 2.75. The SMILES string of the molecule is Cc1ccc(NC(=O)C2CN(c3cc(-n4cccn4)ncn3)C2)cc1. The van der Waals surface area contributed by atoms with Crippen LogP contribution in [0.1, 0.15) is 5.56 Å². The van der Waals surface area contributed by atoms with Crippen LogP contribution in [0.4, 0.5) is 11.5 Å². The van der Waals surface area contributed by atoms with Crippen molar-refractivity contribution in [2.75, 3.05) is 23.3 Å². The molecule has 0 saturated carbocycles. The van der Waals surface area contributed by atoms with Crippen LogP contribution >= 0.6 is 0 Å². The van der Waals surface area contributed by atoms with Crippen LogP contribution in [-0.4, -0.2) is 38.7 Å². The molecular weight excluding hydrogens is 316 g/mol. The summed E-state index contributed by atoms with van der Waals surface area (Å²) in [6.45, 7) is 3.31. The van der Waals surface area contributed by atoms with Crippen LogP contribution in [0.2, 0.25) is 0 Å². The minimum atomic E-state index is -0.0376. The molecule has 0 radical (unpaired) electrons. The number of carbonyl (C=O) groups is 1. The minimum Gasteiger partial charge on any atom is -0.355 e. The number of nitrogens with one attached hydrogen (secondary N) is 1. The molecule has 1 aliphatic rings. The van der Waals surface area contributed by atoms with Crippen molar-refractivity contribution in [1.82, 2.24) is 19.7 Å². The summed E-state index contributed by atoms with van der Waals surface area (Å²) in [5.74, 6) is 1.52. The maximum absolute atomic E-state index is 12.3. The maximum Gasteiger partial charge on any atom is 0.231 e. The highest BCUT2D eigenvalue weighted by Crippen LogP contribution is 2.24. The molecule has 1 aromatic carbocycles. The summed E-state index contributed by atoms with van der Waals surface area (Å²) in [6.07, 6.45) is 5.06. The molecule has 0 atom stereocenters. The molecule has 1 saturated heterocycles. The first-order valence-electron chi connectivity index (χ1n) is 8.13. The van der Waals surface area contributed by atoms with E-state index in [4.69, 9.17) is 0 Å². The van der Waals surface area contributed by atoms with Crippen LogP contribution in [0.5, 0.6) is 0 Å². The van der Waals surface area contributed by atoms with Gasteiger partial charge >= 0.3 is 0 Å². The fraction of sp³-hybridized carbons (Fsp3) is 0.222. The normalized spacial score (nSPS) is 14.2. The Kier molecular flexibility index (Phi) is 3.89. The van der Waals surface area contributed by atoms with E-state index < -0.39 is 0 Å². The van der Waals surface area contributed by atoms with Crippen molar-refractivity contribution in [3.05, 3.63) is 60.7 Å². The fourth-order valence-corrected chi connectivity index (χ4v) is 2.75. The van der Waals surface area contributed by atoms with E-state index in [0.29, 0.717) is 18.9 Å². The monoisotopic (exact) mass is 334 g/mol. The van der Waals surface area contributed by atoms with Crippen LogP contribution < -0.4 is 10.2 Å². The molecule has 0 unspecified atom stereocenters. The zero-order valence-electron chi connectivity index (χ0n) is 13.8. The molecule has 126 valence electrons. The molecular formula is C18H18N6O. The van der Waals surface area contributed by atoms with Crippen molar-refractivity contribution < 1.29 is 4.79 Å². The lowest BCUT2D eigenvalue weighted by Crippen LogP contribution is -2.52. The molecule has 25 heavy (non-hydrogen) atoms. The van der Waals surface area contributed by atoms with Gasteiger partial charge in [-0.3, -0.25) is 4.79 Å². The summed E-state index contributed by atoms with van der Waals surface area (Å²) in [7, 11) is 0. The Labute approximate surface area is 145 Å². The van der Waals surface area contributed by atoms with Gasteiger partial charge in [0.1, 0.15) is 12.1 Å². The lowest BCUT2D eigenvalue weighted by Gasteiger charge is -2.39. The number of amides is 1. The summed E-state index contributed by atoms with van der Waals surface area (Å²) in [5.41, 5.74) is 2.00. The average molecular weight is 334 g/mol. The third-order valence-electron chi connectivity index (χ3n) is 4.27. The smallest absolute Gasteiger partial charge is 0.231 e. The number of anilines is 2. The van der Waals surface area contributed by atoms with Gasteiger partial charge < -0.3 is 10.2 Å². The second-order valence-corrected chi connectivity index (χ2v) is 6.14. The van der Waals surface area contributed by atoms with E-state index in [2.05, 4.69) is 25.3 Å². The summed E-state index contributed by atoms with van der Waals surface area (Å²) >= 11 is 0. The van der Waals surface area contributed by atoms with Crippen molar-refractivity contribution in [3.63, 3.8) is 0 Å². The highest BCUT2D eigenvalue weighted by molar-refractivity contribution is 5.94. The van der Waals surface area contributed by atoms with Crippen molar-refractivity contribution in [1.29, 1.82) is 0 Å². The van der Waals surface area contributed by atoms with E-state index in [-0.39, 0.29) is 11.8 Å². The molecule has 3 heterocycles. The maximum atomic E-state index is 12.3. The van der Waals surface area contributed by atoms with E-state index in [1.54, 1.807) is 10.9 Å². The summed E-state index contributed by atoms with van der Waals surface area (Å²) in [4.78, 5) is 22.9. The quantitative estimate of drug-likeness (QED) is 0.790. The predicted molar refractivity (Wildman–Crippen MR) is 94.7 cm³/mol. The van der Waals surface area contributed by atoms with Crippen LogP contribution in [0.3, 0.4) is 0 Å². The van der Waals surface area contributed by atoms with Gasteiger partial charge in [0.25, 0.3) is 0 Å². The van der Waals surface area contributed by atoms with Gasteiger partial charge in [-0.25, -0.2) is 14.6 Å². The molecule has 0 spiro atoms. The van der Waals surface area contributed by atoms with Crippen LogP contribution in [-0.2, 0) is 4.79 Å². The van der Waals surface area contributed by atoms with Gasteiger partial charge in [0.2, 0.25) is 5.91 Å². The van der Waals surface area contributed by atoms with Crippen LogP contribution in [0.25, 0.3) is 5.82 Å². The molecule has 7 heteroatoms. The van der Waals surface area contributed by atoms with Gasteiger partial charge in [-0.2, -0.15) is 5.10 Å². The van der Waals surface area contributed by atoms with Crippen molar-refractivity contribution in [3.8, 4) is 5.82 Å². The molecule has 1 amide bonds. The van der Waals surface area contributed by atoms with E-state index in [1.165, 1.54) is 11.9 Å². The second kappa shape index (κ2) is 6.35. The zero-order valence-corrected chi connectivity index (χ0v) is 13.8. The Hall–Kier alpha value is -3.22. The lowest BCUT2D eigenvalue weighted by molar-refractivity contribution is -0.120. The molecule has 2 aromatic heterocycles. The van der Waals surface area contributed by atoms with Gasteiger partial charge in [0.05, 0.1) is 5.92 Å². The van der Waals surface area contributed by atoms with Crippen LogP contribution in [0.15, 0.2) is 55.1 Å². The third kappa shape index (κ3) is 3.21. The highest BCUT2D eigenvalue weighted by atomic mass is 16.2. The van der Waals surface area contributed by atoms with E-state index in [9.17, 15) is 4.79 Å². The van der Waals surface area contributed by atoms with Gasteiger partial charge in [-0.15, -0.1) is 0 Å². The number of carbonyl (C=O) groups excluding carboxylic acids is 1. The highest BCUT2D eigenvalue weighted by Gasteiger charge is 2.33. The van der Waals surface area contributed by atoms with Gasteiger partial charge in [-0.1, -0.05) is 17.7 Å². The Morgan fingerprint density at radius 2 is 1.92 bits per heavy atom.